The van der Waals surface area contributed by atoms with Gasteiger partial charge < -0.3 is 4.90 Å². The van der Waals surface area contributed by atoms with Gasteiger partial charge in [-0.1, -0.05) is 38.4 Å². The fourth-order valence-corrected chi connectivity index (χ4v) is 2.36. The minimum absolute atomic E-state index is 0.629. The van der Waals surface area contributed by atoms with Crippen molar-refractivity contribution in [3.05, 3.63) is 29.0 Å². The van der Waals surface area contributed by atoms with Gasteiger partial charge in [-0.15, -0.1) is 0 Å². The van der Waals surface area contributed by atoms with Gasteiger partial charge in [0, 0.05) is 18.3 Å². The molecule has 0 amide bonds. The van der Waals surface area contributed by atoms with E-state index in [9.17, 15) is 0 Å². The van der Waals surface area contributed by atoms with Gasteiger partial charge in [0.2, 0.25) is 0 Å². The van der Waals surface area contributed by atoms with Gasteiger partial charge in [0.25, 0.3) is 0 Å². The summed E-state index contributed by atoms with van der Waals surface area (Å²) in [5.74, 6) is 0. The number of hydrogen-bond donors (Lipinski definition) is 0. The number of hydrogen-bond acceptors (Lipinski definition) is 3. The first kappa shape index (κ1) is 16.4. The largest absolute Gasteiger partial charge is 0.304 e. The van der Waals surface area contributed by atoms with Crippen molar-refractivity contribution in [3.63, 3.8) is 0 Å². The Morgan fingerprint density at radius 3 is 2.26 bits per heavy atom. The summed E-state index contributed by atoms with van der Waals surface area (Å²) in [6, 6.07) is 4.01. The van der Waals surface area contributed by atoms with Crippen LogP contribution in [0, 0.1) is 0 Å². The van der Waals surface area contributed by atoms with Gasteiger partial charge in [0.05, 0.1) is 0 Å². The first-order chi connectivity index (χ1) is 9.21. The molecule has 0 aliphatic rings. The van der Waals surface area contributed by atoms with Crippen molar-refractivity contribution in [1.29, 1.82) is 0 Å². The van der Waals surface area contributed by atoms with Crippen molar-refractivity contribution in [2.75, 3.05) is 32.7 Å². The third-order valence-corrected chi connectivity index (χ3v) is 3.86. The minimum Gasteiger partial charge on any atom is -0.304 e. The molecule has 108 valence electrons. The molecule has 19 heavy (non-hydrogen) atoms. The van der Waals surface area contributed by atoms with Crippen LogP contribution < -0.4 is 0 Å². The maximum atomic E-state index is 6.11. The quantitative estimate of drug-likeness (QED) is 0.648. The Hall–Kier alpha value is -0.640. The average Bonchev–Trinajstić information content (AvgIpc) is 2.44. The Bertz CT molecular complexity index is 353. The number of aromatic nitrogens is 1. The highest BCUT2D eigenvalue weighted by Gasteiger charge is 2.08. The Morgan fingerprint density at radius 1 is 1.05 bits per heavy atom. The molecule has 1 rings (SSSR count). The number of rotatable bonds is 9. The second-order valence-electron chi connectivity index (χ2n) is 4.70. The maximum Gasteiger partial charge on any atom is 0.133 e. The lowest BCUT2D eigenvalue weighted by atomic mass is 10.2. The maximum absolute atomic E-state index is 6.11. The van der Waals surface area contributed by atoms with E-state index in [1.165, 1.54) is 13.0 Å². The van der Waals surface area contributed by atoms with E-state index in [0.29, 0.717) is 5.15 Å². The summed E-state index contributed by atoms with van der Waals surface area (Å²) in [5, 5.41) is 0.629. The topological polar surface area (TPSA) is 19.4 Å². The van der Waals surface area contributed by atoms with Crippen molar-refractivity contribution in [2.24, 2.45) is 0 Å². The third kappa shape index (κ3) is 5.89. The fraction of sp³-hybridized carbons (Fsp3) is 0.667. The molecular weight excluding hydrogens is 258 g/mol. The zero-order valence-electron chi connectivity index (χ0n) is 12.4. The predicted octanol–water partition coefficient (Wildman–Crippen LogP) is 3.29. The van der Waals surface area contributed by atoms with Crippen molar-refractivity contribution in [1.82, 2.24) is 14.8 Å². The van der Waals surface area contributed by atoms with Gasteiger partial charge in [0.1, 0.15) is 5.15 Å². The molecule has 1 heterocycles. The molecular formula is C15H26ClN3. The molecule has 0 aromatic carbocycles. The van der Waals surface area contributed by atoms with Gasteiger partial charge in [-0.2, -0.15) is 0 Å². The molecule has 0 saturated heterocycles. The average molecular weight is 284 g/mol. The van der Waals surface area contributed by atoms with Crippen LogP contribution in [0.4, 0.5) is 0 Å². The summed E-state index contributed by atoms with van der Waals surface area (Å²) in [5.41, 5.74) is 1.12. The number of halogens is 1. The molecule has 3 nitrogen and oxygen atoms in total. The first-order valence-corrected chi connectivity index (χ1v) is 7.63. The van der Waals surface area contributed by atoms with Crippen LogP contribution in [0.3, 0.4) is 0 Å². The summed E-state index contributed by atoms with van der Waals surface area (Å²) >= 11 is 6.11. The molecule has 1 aromatic heterocycles. The Balaban J connectivity index is 2.40. The Morgan fingerprint density at radius 2 is 1.68 bits per heavy atom. The Labute approximate surface area is 122 Å². The molecule has 1 aromatic rings. The van der Waals surface area contributed by atoms with E-state index < -0.39 is 0 Å². The summed E-state index contributed by atoms with van der Waals surface area (Å²) < 4.78 is 0. The second-order valence-corrected chi connectivity index (χ2v) is 5.06. The molecule has 0 radical (unpaired) electrons. The van der Waals surface area contributed by atoms with Crippen LogP contribution in [0.2, 0.25) is 5.15 Å². The van der Waals surface area contributed by atoms with Crippen molar-refractivity contribution in [3.8, 4) is 0 Å². The molecule has 0 N–H and O–H groups in total. The summed E-state index contributed by atoms with van der Waals surface area (Å²) in [6.07, 6.45) is 2.94. The van der Waals surface area contributed by atoms with Crippen LogP contribution in [0.25, 0.3) is 0 Å². The second kappa shape index (κ2) is 9.29. The summed E-state index contributed by atoms with van der Waals surface area (Å²) in [4.78, 5) is 9.02. The van der Waals surface area contributed by atoms with Gasteiger partial charge in [-0.3, -0.25) is 4.90 Å². The highest BCUT2D eigenvalue weighted by atomic mass is 35.5. The number of pyridine rings is 1. The van der Waals surface area contributed by atoms with Crippen LogP contribution >= 0.6 is 11.6 Å². The smallest absolute Gasteiger partial charge is 0.133 e. The molecule has 0 spiro atoms. The van der Waals surface area contributed by atoms with Gasteiger partial charge in [-0.05, 0) is 45.2 Å². The lowest BCUT2D eigenvalue weighted by Crippen LogP contribution is -2.29. The Kier molecular flexibility index (Phi) is 8.03. The molecule has 0 aliphatic heterocycles. The van der Waals surface area contributed by atoms with Crippen LogP contribution in [-0.4, -0.2) is 47.5 Å². The lowest BCUT2D eigenvalue weighted by Gasteiger charge is -2.23. The zero-order chi connectivity index (χ0) is 14.1. The standard InChI is InChI=1S/C15H26ClN3/c1-4-18(5-2)11-8-12-19(6-3)13-14-9-7-10-17-15(14)16/h7,9-10H,4-6,8,11-13H2,1-3H3. The van der Waals surface area contributed by atoms with E-state index in [1.54, 1.807) is 6.20 Å². The van der Waals surface area contributed by atoms with Crippen LogP contribution in [0.5, 0.6) is 0 Å². The van der Waals surface area contributed by atoms with E-state index in [0.717, 1.165) is 38.3 Å². The van der Waals surface area contributed by atoms with Crippen LogP contribution in [-0.2, 0) is 6.54 Å². The molecule has 4 heteroatoms. The SMILES string of the molecule is CCN(CC)CCCN(CC)Cc1cccnc1Cl. The molecule has 0 unspecified atom stereocenters. The van der Waals surface area contributed by atoms with Crippen LogP contribution in [0.1, 0.15) is 32.8 Å². The summed E-state index contributed by atoms with van der Waals surface area (Å²) in [6.45, 7) is 13.1. The summed E-state index contributed by atoms with van der Waals surface area (Å²) in [7, 11) is 0. The van der Waals surface area contributed by atoms with Crippen molar-refractivity contribution < 1.29 is 0 Å². The normalized spacial score (nSPS) is 11.5. The highest BCUT2D eigenvalue weighted by Crippen LogP contribution is 2.14. The molecule has 0 bridgehead atoms. The van der Waals surface area contributed by atoms with Crippen LogP contribution in [0.15, 0.2) is 18.3 Å². The molecule has 0 atom stereocenters. The molecule has 0 aliphatic carbocycles. The fourth-order valence-electron chi connectivity index (χ4n) is 2.18. The first-order valence-electron chi connectivity index (χ1n) is 7.25. The van der Waals surface area contributed by atoms with E-state index >= 15 is 0 Å². The molecule has 0 saturated carbocycles. The van der Waals surface area contributed by atoms with Gasteiger partial charge in [-0.25, -0.2) is 4.98 Å². The monoisotopic (exact) mass is 283 g/mol. The third-order valence-electron chi connectivity index (χ3n) is 3.52. The lowest BCUT2D eigenvalue weighted by molar-refractivity contribution is 0.238. The van der Waals surface area contributed by atoms with E-state index in [-0.39, 0.29) is 0 Å². The minimum atomic E-state index is 0.629. The van der Waals surface area contributed by atoms with Crippen molar-refractivity contribution in [2.45, 2.75) is 33.7 Å². The van der Waals surface area contributed by atoms with Gasteiger partial charge in [0.15, 0.2) is 0 Å². The van der Waals surface area contributed by atoms with Gasteiger partial charge >= 0.3 is 0 Å². The molecule has 0 fully saturated rings. The van der Waals surface area contributed by atoms with Crippen molar-refractivity contribution >= 4 is 11.6 Å². The predicted molar refractivity (Wildman–Crippen MR) is 82.6 cm³/mol. The van der Waals surface area contributed by atoms with E-state index in [2.05, 4.69) is 41.6 Å². The zero-order valence-corrected chi connectivity index (χ0v) is 13.2. The highest BCUT2D eigenvalue weighted by molar-refractivity contribution is 6.30. The number of nitrogens with zero attached hydrogens (tertiary/aromatic N) is 3. The van der Waals surface area contributed by atoms with E-state index in [1.807, 2.05) is 6.07 Å². The van der Waals surface area contributed by atoms with E-state index in [4.69, 9.17) is 11.6 Å².